The van der Waals surface area contributed by atoms with Gasteiger partial charge in [-0.15, -0.1) is 0 Å². The van der Waals surface area contributed by atoms with E-state index in [1.165, 1.54) is 32.2 Å². The SMILES string of the molecule is CCN(CCN)CCCCCCNCCN(CCNC)CCNC. The Morgan fingerprint density at radius 1 is 0.667 bits per heavy atom. The van der Waals surface area contributed by atoms with E-state index in [-0.39, 0.29) is 0 Å². The highest BCUT2D eigenvalue weighted by atomic mass is 15.2. The number of unbranched alkanes of at least 4 members (excludes halogenated alkanes) is 3. The van der Waals surface area contributed by atoms with Crippen LogP contribution in [0.4, 0.5) is 0 Å². The summed E-state index contributed by atoms with van der Waals surface area (Å²) in [5.41, 5.74) is 5.62. The molecule has 0 atom stereocenters. The van der Waals surface area contributed by atoms with Gasteiger partial charge in [0, 0.05) is 52.4 Å². The molecule has 0 radical (unpaired) electrons. The summed E-state index contributed by atoms with van der Waals surface area (Å²) in [5.74, 6) is 0. The van der Waals surface area contributed by atoms with Crippen molar-refractivity contribution in [2.45, 2.75) is 32.6 Å². The zero-order valence-corrected chi connectivity index (χ0v) is 16.6. The number of nitrogens with zero attached hydrogens (tertiary/aromatic N) is 2. The van der Waals surface area contributed by atoms with Crippen LogP contribution in [-0.4, -0.2) is 95.9 Å². The molecule has 0 unspecified atom stereocenters. The average Bonchev–Trinajstić information content (AvgIpc) is 2.60. The third-order valence-corrected chi connectivity index (χ3v) is 4.43. The van der Waals surface area contributed by atoms with E-state index in [0.717, 1.165) is 65.4 Å². The Balaban J connectivity index is 3.46. The molecule has 0 saturated carbocycles. The molecule has 5 N–H and O–H groups in total. The van der Waals surface area contributed by atoms with Gasteiger partial charge in [0.05, 0.1) is 0 Å². The van der Waals surface area contributed by atoms with Crippen LogP contribution < -0.4 is 21.7 Å². The molecule has 146 valence electrons. The Morgan fingerprint density at radius 2 is 1.29 bits per heavy atom. The van der Waals surface area contributed by atoms with Crippen LogP contribution in [0.15, 0.2) is 0 Å². The minimum Gasteiger partial charge on any atom is -0.329 e. The van der Waals surface area contributed by atoms with Gasteiger partial charge in [0.1, 0.15) is 0 Å². The van der Waals surface area contributed by atoms with Crippen molar-refractivity contribution < 1.29 is 0 Å². The first-order valence-electron chi connectivity index (χ1n) is 9.93. The summed E-state index contributed by atoms with van der Waals surface area (Å²) in [6.45, 7) is 14.1. The van der Waals surface area contributed by atoms with Gasteiger partial charge in [-0.05, 0) is 46.6 Å². The van der Waals surface area contributed by atoms with E-state index in [1.807, 2.05) is 14.1 Å². The van der Waals surface area contributed by atoms with Crippen LogP contribution in [0.1, 0.15) is 32.6 Å². The summed E-state index contributed by atoms with van der Waals surface area (Å²) in [6, 6.07) is 0. The lowest BCUT2D eigenvalue weighted by atomic mass is 10.2. The lowest BCUT2D eigenvalue weighted by Gasteiger charge is -2.22. The fourth-order valence-electron chi connectivity index (χ4n) is 2.79. The van der Waals surface area contributed by atoms with Gasteiger partial charge in [-0.2, -0.15) is 0 Å². The topological polar surface area (TPSA) is 68.6 Å². The standard InChI is InChI=1S/C18H44N6/c1-4-23(15-9-19)14-8-6-5-7-10-22-13-18-24(16-11-20-2)17-12-21-3/h20-22H,4-19H2,1-3H3. The predicted octanol–water partition coefficient (Wildman–Crippen LogP) is 0.158. The van der Waals surface area contributed by atoms with Gasteiger partial charge >= 0.3 is 0 Å². The van der Waals surface area contributed by atoms with Crippen molar-refractivity contribution in [3.63, 3.8) is 0 Å². The summed E-state index contributed by atoms with van der Waals surface area (Å²) in [5, 5.41) is 10.1. The van der Waals surface area contributed by atoms with E-state index in [1.54, 1.807) is 0 Å². The summed E-state index contributed by atoms with van der Waals surface area (Å²) in [6.07, 6.45) is 5.25. The molecular weight excluding hydrogens is 300 g/mol. The van der Waals surface area contributed by atoms with Crippen LogP contribution in [0.2, 0.25) is 0 Å². The molecule has 0 aromatic rings. The molecule has 6 heteroatoms. The maximum atomic E-state index is 5.62. The summed E-state index contributed by atoms with van der Waals surface area (Å²) in [7, 11) is 4.04. The molecule has 0 bridgehead atoms. The molecule has 0 amide bonds. The maximum Gasteiger partial charge on any atom is 0.0108 e. The molecule has 0 saturated heterocycles. The van der Waals surface area contributed by atoms with Crippen molar-refractivity contribution in [1.82, 2.24) is 25.8 Å². The molecule has 0 aliphatic carbocycles. The number of nitrogens with one attached hydrogen (secondary N) is 3. The third kappa shape index (κ3) is 15.3. The molecule has 0 rings (SSSR count). The molecule has 0 aliphatic rings. The van der Waals surface area contributed by atoms with E-state index in [2.05, 4.69) is 32.7 Å². The van der Waals surface area contributed by atoms with E-state index < -0.39 is 0 Å². The number of rotatable bonds is 19. The van der Waals surface area contributed by atoms with E-state index >= 15 is 0 Å². The molecule has 0 aromatic carbocycles. The van der Waals surface area contributed by atoms with E-state index in [4.69, 9.17) is 5.73 Å². The normalized spacial score (nSPS) is 11.8. The van der Waals surface area contributed by atoms with Crippen LogP contribution >= 0.6 is 0 Å². The molecule has 24 heavy (non-hydrogen) atoms. The maximum absolute atomic E-state index is 5.62. The van der Waals surface area contributed by atoms with Crippen LogP contribution in [-0.2, 0) is 0 Å². The quantitative estimate of drug-likeness (QED) is 0.250. The van der Waals surface area contributed by atoms with Crippen molar-refractivity contribution >= 4 is 0 Å². The molecular formula is C18H44N6. The second kappa shape index (κ2) is 19.1. The number of nitrogens with two attached hydrogens (primary N) is 1. The van der Waals surface area contributed by atoms with E-state index in [9.17, 15) is 0 Å². The fourth-order valence-corrected chi connectivity index (χ4v) is 2.79. The van der Waals surface area contributed by atoms with Crippen LogP contribution in [0.3, 0.4) is 0 Å². The van der Waals surface area contributed by atoms with Gasteiger partial charge in [0.25, 0.3) is 0 Å². The van der Waals surface area contributed by atoms with Gasteiger partial charge in [-0.25, -0.2) is 0 Å². The largest absolute Gasteiger partial charge is 0.329 e. The highest BCUT2D eigenvalue weighted by molar-refractivity contribution is 4.63. The Kier molecular flexibility index (Phi) is 18.9. The second-order valence-corrected chi connectivity index (χ2v) is 6.44. The first-order valence-corrected chi connectivity index (χ1v) is 9.93. The first-order chi connectivity index (χ1) is 11.8. The molecule has 0 heterocycles. The van der Waals surface area contributed by atoms with Crippen molar-refractivity contribution in [3.8, 4) is 0 Å². The van der Waals surface area contributed by atoms with Gasteiger partial charge in [-0.3, -0.25) is 4.90 Å². The minimum absolute atomic E-state index is 0.775. The van der Waals surface area contributed by atoms with Gasteiger partial charge in [0.15, 0.2) is 0 Å². The van der Waals surface area contributed by atoms with Gasteiger partial charge in [-0.1, -0.05) is 19.8 Å². The summed E-state index contributed by atoms with van der Waals surface area (Å²) >= 11 is 0. The minimum atomic E-state index is 0.775. The lowest BCUT2D eigenvalue weighted by Crippen LogP contribution is -2.39. The van der Waals surface area contributed by atoms with Crippen molar-refractivity contribution in [3.05, 3.63) is 0 Å². The molecule has 0 aliphatic heterocycles. The Labute approximate surface area is 150 Å². The zero-order valence-electron chi connectivity index (χ0n) is 16.6. The third-order valence-electron chi connectivity index (χ3n) is 4.43. The van der Waals surface area contributed by atoms with Crippen LogP contribution in [0, 0.1) is 0 Å². The Hall–Kier alpha value is -0.240. The molecule has 0 aromatic heterocycles. The lowest BCUT2D eigenvalue weighted by molar-refractivity contribution is 0.275. The molecule has 0 fully saturated rings. The fraction of sp³-hybridized carbons (Fsp3) is 1.00. The van der Waals surface area contributed by atoms with Crippen LogP contribution in [0.25, 0.3) is 0 Å². The Morgan fingerprint density at radius 3 is 1.88 bits per heavy atom. The predicted molar refractivity (Wildman–Crippen MR) is 107 cm³/mol. The second-order valence-electron chi connectivity index (χ2n) is 6.44. The Bertz CT molecular complexity index is 232. The van der Waals surface area contributed by atoms with Gasteiger partial charge < -0.3 is 26.6 Å². The van der Waals surface area contributed by atoms with Crippen molar-refractivity contribution in [2.75, 3.05) is 86.1 Å². The zero-order chi connectivity index (χ0) is 17.9. The average molecular weight is 345 g/mol. The monoisotopic (exact) mass is 344 g/mol. The van der Waals surface area contributed by atoms with Gasteiger partial charge in [0.2, 0.25) is 0 Å². The van der Waals surface area contributed by atoms with Crippen LogP contribution in [0.5, 0.6) is 0 Å². The summed E-state index contributed by atoms with van der Waals surface area (Å²) < 4.78 is 0. The number of likely N-dealkylation sites (N-methyl/N-ethyl adjacent to an activating group) is 3. The smallest absolute Gasteiger partial charge is 0.0108 e. The highest BCUT2D eigenvalue weighted by Crippen LogP contribution is 2.01. The summed E-state index contributed by atoms with van der Waals surface area (Å²) in [4.78, 5) is 4.96. The molecule has 6 nitrogen and oxygen atoms in total. The van der Waals surface area contributed by atoms with Crippen molar-refractivity contribution in [1.29, 1.82) is 0 Å². The number of hydrogen-bond acceptors (Lipinski definition) is 6. The highest BCUT2D eigenvalue weighted by Gasteiger charge is 2.03. The van der Waals surface area contributed by atoms with E-state index in [0.29, 0.717) is 0 Å². The van der Waals surface area contributed by atoms with Crippen molar-refractivity contribution in [2.24, 2.45) is 5.73 Å². The molecule has 0 spiro atoms. The number of hydrogen-bond donors (Lipinski definition) is 4. The first kappa shape index (κ1) is 23.8.